The minimum Gasteiger partial charge on any atom is -0.458 e. The molecule has 0 unspecified atom stereocenters. The number of hydrogen-bond acceptors (Lipinski definition) is 8. The molecule has 10 nitrogen and oxygen atoms in total. The van der Waals surface area contributed by atoms with E-state index in [4.69, 9.17) is 14.5 Å². The molecule has 238 valence electrons. The molecule has 0 saturated carbocycles. The summed E-state index contributed by atoms with van der Waals surface area (Å²) >= 11 is 0. The maximum absolute atomic E-state index is 13.7. The molecule has 0 bridgehead atoms. The Balaban J connectivity index is 1.22. The first-order valence-corrected chi connectivity index (χ1v) is 16.7. The van der Waals surface area contributed by atoms with Gasteiger partial charge in [-0.25, -0.2) is 14.6 Å². The third-order valence-corrected chi connectivity index (χ3v) is 10.3. The lowest BCUT2D eigenvalue weighted by atomic mass is 9.86. The molecule has 1 amide bonds. The second-order valence-corrected chi connectivity index (χ2v) is 13.0. The minimum absolute atomic E-state index is 0.0888. The molecule has 2 saturated heterocycles. The van der Waals surface area contributed by atoms with E-state index >= 15 is 0 Å². The maximum Gasteiger partial charge on any atom is 0.415 e. The highest BCUT2D eigenvalue weighted by atomic mass is 16.6. The number of aryl methyl sites for hydroxylation is 1. The quantitative estimate of drug-likeness (QED) is 0.306. The highest BCUT2D eigenvalue weighted by Crippen LogP contribution is 2.40. The van der Waals surface area contributed by atoms with Gasteiger partial charge in [-0.2, -0.15) is 0 Å². The Morgan fingerprint density at radius 1 is 1.09 bits per heavy atom. The van der Waals surface area contributed by atoms with Crippen LogP contribution in [0.15, 0.2) is 29.1 Å². The van der Waals surface area contributed by atoms with Crippen LogP contribution in [0.3, 0.4) is 0 Å². The van der Waals surface area contributed by atoms with E-state index in [0.717, 1.165) is 67.2 Å². The van der Waals surface area contributed by atoms with Gasteiger partial charge in [0.2, 0.25) is 0 Å². The van der Waals surface area contributed by atoms with Gasteiger partial charge in [0.1, 0.15) is 12.4 Å². The van der Waals surface area contributed by atoms with Gasteiger partial charge in [0.05, 0.1) is 29.0 Å². The summed E-state index contributed by atoms with van der Waals surface area (Å²) < 4.78 is 12.9. The van der Waals surface area contributed by atoms with Gasteiger partial charge in [-0.05, 0) is 81.8 Å². The number of amides is 1. The lowest BCUT2D eigenvalue weighted by molar-refractivity contribution is -0.172. The third-order valence-electron chi connectivity index (χ3n) is 10.3. The van der Waals surface area contributed by atoms with Gasteiger partial charge in [0, 0.05) is 35.6 Å². The summed E-state index contributed by atoms with van der Waals surface area (Å²) in [6.45, 7) is 7.63. The van der Waals surface area contributed by atoms with E-state index in [1.165, 1.54) is 19.3 Å². The summed E-state index contributed by atoms with van der Waals surface area (Å²) in [5.41, 5.74) is 2.23. The molecule has 0 aliphatic carbocycles. The number of piperidine rings is 2. The van der Waals surface area contributed by atoms with Crippen LogP contribution >= 0.6 is 0 Å². The van der Waals surface area contributed by atoms with E-state index in [1.54, 1.807) is 17.6 Å². The Morgan fingerprint density at radius 2 is 1.87 bits per heavy atom. The lowest BCUT2D eigenvalue weighted by Gasteiger charge is -2.39. The molecule has 0 radical (unpaired) electrons. The summed E-state index contributed by atoms with van der Waals surface area (Å²) in [5, 5.41) is 12.0. The van der Waals surface area contributed by atoms with Crippen molar-refractivity contribution < 1.29 is 24.2 Å². The van der Waals surface area contributed by atoms with Crippen molar-refractivity contribution in [3.8, 4) is 17.1 Å². The van der Waals surface area contributed by atoms with Gasteiger partial charge in [0.15, 0.2) is 5.60 Å². The van der Waals surface area contributed by atoms with Crippen LogP contribution in [-0.2, 0) is 34.7 Å². The number of benzene rings is 1. The molecule has 4 aliphatic rings. The number of aliphatic hydroxyl groups is 1. The highest BCUT2D eigenvalue weighted by molar-refractivity contribution is 5.93. The Bertz CT molecular complexity index is 1720. The second-order valence-electron chi connectivity index (χ2n) is 13.0. The molecular weight excluding hydrogens is 572 g/mol. The Hall–Kier alpha value is -3.76. The SMILES string of the molecule is CCCCc1ccc(OC(=O)N2CCC(N3CCCCC3)CC2)c2cc3c(nc12)-c1cc2c(c(=O)n1C3)COC(=O)[C@]2(O)CC. The standard InChI is InChI=1S/C35H42N4O6/c1-3-5-9-22-10-11-29(45-34(42)38-16-12-24(13-17-38)37-14-7-6-8-15-37)25-18-23-20-39-28(31(23)36-30(22)25)19-27-26(32(39)40)21-44-33(41)35(27,43)4-2/h10-11,18-19,24,43H,3-9,12-17,20-21H2,1-2H3/t35-/m0/s1. The summed E-state index contributed by atoms with van der Waals surface area (Å²) in [6, 6.07) is 8.11. The van der Waals surface area contributed by atoms with Gasteiger partial charge in [-0.1, -0.05) is 32.8 Å². The van der Waals surface area contributed by atoms with Crippen LogP contribution in [0.1, 0.15) is 87.5 Å². The molecule has 1 N–H and O–H groups in total. The zero-order chi connectivity index (χ0) is 31.3. The first-order chi connectivity index (χ1) is 21.8. The number of rotatable bonds is 6. The fraction of sp³-hybridized carbons (Fsp3) is 0.543. The van der Waals surface area contributed by atoms with Crippen LogP contribution in [0.2, 0.25) is 0 Å². The number of hydrogen-bond donors (Lipinski definition) is 1. The van der Waals surface area contributed by atoms with E-state index in [-0.39, 0.29) is 31.2 Å². The number of cyclic esters (lactones) is 1. The minimum atomic E-state index is -1.88. The van der Waals surface area contributed by atoms with Crippen LogP contribution in [-0.4, -0.2) is 68.7 Å². The molecule has 3 aromatic rings. The third kappa shape index (κ3) is 5.12. The topological polar surface area (TPSA) is 114 Å². The number of carbonyl (C=O) groups excluding carboxylic acids is 2. The van der Waals surface area contributed by atoms with Gasteiger partial charge in [-0.3, -0.25) is 4.79 Å². The monoisotopic (exact) mass is 614 g/mol. The highest BCUT2D eigenvalue weighted by Gasteiger charge is 2.45. The number of nitrogens with zero attached hydrogens (tertiary/aromatic N) is 4. The average molecular weight is 615 g/mol. The Kier molecular flexibility index (Phi) is 7.90. The number of ether oxygens (including phenoxy) is 2. The second kappa shape index (κ2) is 11.9. The fourth-order valence-corrected chi connectivity index (χ4v) is 7.61. The number of unbranched alkanes of at least 4 members (excludes halogenated alkanes) is 1. The molecule has 1 aromatic carbocycles. The van der Waals surface area contributed by atoms with Gasteiger partial charge in [0.25, 0.3) is 5.56 Å². The van der Waals surface area contributed by atoms with E-state index in [0.29, 0.717) is 47.4 Å². The normalized spacial score (nSPS) is 21.8. The summed E-state index contributed by atoms with van der Waals surface area (Å²) in [7, 11) is 0. The van der Waals surface area contributed by atoms with Crippen molar-refractivity contribution in [3.05, 3.63) is 56.9 Å². The molecule has 6 heterocycles. The number of esters is 1. The van der Waals surface area contributed by atoms with Crippen LogP contribution < -0.4 is 10.3 Å². The molecule has 2 aromatic heterocycles. The first-order valence-electron chi connectivity index (χ1n) is 16.7. The van der Waals surface area contributed by atoms with Crippen molar-refractivity contribution in [1.29, 1.82) is 0 Å². The molecule has 1 atom stereocenters. The molecule has 45 heavy (non-hydrogen) atoms. The molecule has 7 rings (SSSR count). The number of likely N-dealkylation sites (tertiary alicyclic amines) is 2. The maximum atomic E-state index is 13.7. The van der Waals surface area contributed by atoms with E-state index < -0.39 is 11.6 Å². The van der Waals surface area contributed by atoms with Crippen molar-refractivity contribution >= 4 is 23.0 Å². The van der Waals surface area contributed by atoms with Crippen molar-refractivity contribution in [2.24, 2.45) is 0 Å². The number of carbonyl (C=O) groups is 2. The van der Waals surface area contributed by atoms with Crippen LogP contribution in [0.4, 0.5) is 4.79 Å². The molecule has 2 fully saturated rings. The average Bonchev–Trinajstić information content (AvgIpc) is 3.44. The molecule has 4 aliphatic heterocycles. The fourth-order valence-electron chi connectivity index (χ4n) is 7.61. The zero-order valence-electron chi connectivity index (χ0n) is 26.3. The van der Waals surface area contributed by atoms with Crippen molar-refractivity contribution in [2.75, 3.05) is 26.2 Å². The summed E-state index contributed by atoms with van der Waals surface area (Å²) in [6.07, 6.45) is 8.32. The first kappa shape index (κ1) is 29.9. The lowest BCUT2D eigenvalue weighted by Crippen LogP contribution is -2.48. The van der Waals surface area contributed by atoms with Crippen LogP contribution in [0, 0.1) is 0 Å². The van der Waals surface area contributed by atoms with Gasteiger partial charge >= 0.3 is 12.1 Å². The predicted octanol–water partition coefficient (Wildman–Crippen LogP) is 4.87. The van der Waals surface area contributed by atoms with Crippen molar-refractivity contribution in [1.82, 2.24) is 19.4 Å². The van der Waals surface area contributed by atoms with Gasteiger partial charge < -0.3 is 28.9 Å². The molecular formula is C35H42N4O6. The van der Waals surface area contributed by atoms with E-state index in [2.05, 4.69) is 11.8 Å². The summed E-state index contributed by atoms with van der Waals surface area (Å²) in [4.78, 5) is 49.2. The van der Waals surface area contributed by atoms with E-state index in [9.17, 15) is 19.5 Å². The van der Waals surface area contributed by atoms with Crippen molar-refractivity contribution in [2.45, 2.75) is 96.4 Å². The summed E-state index contributed by atoms with van der Waals surface area (Å²) in [5.74, 6) is -0.277. The Morgan fingerprint density at radius 3 is 2.60 bits per heavy atom. The number of aromatic nitrogens is 2. The zero-order valence-corrected chi connectivity index (χ0v) is 26.3. The van der Waals surface area contributed by atoms with Crippen LogP contribution in [0.5, 0.6) is 5.75 Å². The number of fused-ring (bicyclic) bond motifs is 5. The largest absolute Gasteiger partial charge is 0.458 e. The van der Waals surface area contributed by atoms with Crippen molar-refractivity contribution in [3.63, 3.8) is 0 Å². The van der Waals surface area contributed by atoms with E-state index in [1.807, 2.05) is 23.1 Å². The molecule has 10 heteroatoms. The van der Waals surface area contributed by atoms with Gasteiger partial charge in [-0.15, -0.1) is 0 Å². The Labute approximate surface area is 262 Å². The van der Waals surface area contributed by atoms with Crippen LogP contribution in [0.25, 0.3) is 22.3 Å². The smallest absolute Gasteiger partial charge is 0.415 e. The molecule has 0 spiro atoms. The number of pyridine rings is 2. The predicted molar refractivity (Wildman–Crippen MR) is 169 cm³/mol.